The fraction of sp³-hybridized carbons (Fsp3) is 0.250. The van der Waals surface area contributed by atoms with E-state index >= 15 is 0 Å². The molecule has 28 heavy (non-hydrogen) atoms. The summed E-state index contributed by atoms with van der Waals surface area (Å²) in [5.41, 5.74) is 0.390. The van der Waals surface area contributed by atoms with Gasteiger partial charge in [-0.15, -0.1) is 0 Å². The van der Waals surface area contributed by atoms with Gasteiger partial charge in [-0.1, -0.05) is 47.5 Å². The Morgan fingerprint density at radius 3 is 2.21 bits per heavy atom. The van der Waals surface area contributed by atoms with Crippen molar-refractivity contribution in [3.63, 3.8) is 0 Å². The minimum Gasteiger partial charge on any atom is -0.354 e. The van der Waals surface area contributed by atoms with Crippen molar-refractivity contribution in [2.24, 2.45) is 0 Å². The van der Waals surface area contributed by atoms with Gasteiger partial charge in [0.1, 0.15) is 12.1 Å². The predicted octanol–water partition coefficient (Wildman–Crippen LogP) is 3.12. The van der Waals surface area contributed by atoms with Gasteiger partial charge in [0.25, 0.3) is 5.91 Å². The van der Waals surface area contributed by atoms with E-state index in [1.165, 1.54) is 0 Å². The maximum atomic E-state index is 12.8. The molecule has 1 heterocycles. The van der Waals surface area contributed by atoms with Crippen LogP contribution in [0.1, 0.15) is 18.1 Å². The molecule has 6 nitrogen and oxygen atoms in total. The van der Waals surface area contributed by atoms with E-state index in [2.05, 4.69) is 10.6 Å². The molecule has 1 unspecified atom stereocenters. The van der Waals surface area contributed by atoms with Crippen molar-refractivity contribution in [2.45, 2.75) is 18.9 Å². The van der Waals surface area contributed by atoms with Crippen LogP contribution in [0, 0.1) is 0 Å². The summed E-state index contributed by atoms with van der Waals surface area (Å²) in [7, 11) is 0. The monoisotopic (exact) mass is 419 g/mol. The van der Waals surface area contributed by atoms with E-state index in [4.69, 9.17) is 23.2 Å². The van der Waals surface area contributed by atoms with Crippen LogP contribution in [0.25, 0.3) is 0 Å². The molecule has 0 bridgehead atoms. The van der Waals surface area contributed by atoms with Crippen LogP contribution in [0.3, 0.4) is 0 Å². The van der Waals surface area contributed by atoms with Crippen molar-refractivity contribution >= 4 is 41.0 Å². The average molecular weight is 420 g/mol. The number of carbonyl (C=O) groups is 3. The Kier molecular flexibility index (Phi) is 5.91. The summed E-state index contributed by atoms with van der Waals surface area (Å²) in [5, 5.41) is 6.56. The van der Waals surface area contributed by atoms with Gasteiger partial charge in [-0.2, -0.15) is 0 Å². The van der Waals surface area contributed by atoms with Crippen LogP contribution in [0.5, 0.6) is 0 Å². The summed E-state index contributed by atoms with van der Waals surface area (Å²) in [6, 6.07) is 13.4. The fourth-order valence-electron chi connectivity index (χ4n) is 3.02. The molecule has 0 radical (unpaired) electrons. The summed E-state index contributed by atoms with van der Waals surface area (Å²) in [5.74, 6) is -0.884. The Hall–Kier alpha value is -2.57. The molecular weight excluding hydrogens is 401 g/mol. The summed E-state index contributed by atoms with van der Waals surface area (Å²) >= 11 is 11.7. The third kappa shape index (κ3) is 4.29. The zero-order valence-electron chi connectivity index (χ0n) is 15.2. The highest BCUT2D eigenvalue weighted by molar-refractivity contribution is 6.30. The van der Waals surface area contributed by atoms with Crippen molar-refractivity contribution in [2.75, 3.05) is 13.1 Å². The molecule has 146 valence electrons. The zero-order valence-corrected chi connectivity index (χ0v) is 16.7. The molecule has 1 aliphatic heterocycles. The van der Waals surface area contributed by atoms with Crippen LogP contribution in [0.2, 0.25) is 10.0 Å². The van der Waals surface area contributed by atoms with Gasteiger partial charge in [-0.05, 0) is 48.7 Å². The molecule has 1 aliphatic rings. The molecule has 8 heteroatoms. The van der Waals surface area contributed by atoms with E-state index in [9.17, 15) is 14.4 Å². The van der Waals surface area contributed by atoms with Crippen LogP contribution in [0.15, 0.2) is 48.5 Å². The highest BCUT2D eigenvalue weighted by Crippen LogP contribution is 2.29. The fourth-order valence-corrected chi connectivity index (χ4v) is 3.27. The molecule has 2 aromatic rings. The third-order valence-electron chi connectivity index (χ3n) is 4.65. The Bertz CT molecular complexity index is 900. The number of benzene rings is 2. The lowest BCUT2D eigenvalue weighted by atomic mass is 9.92. The van der Waals surface area contributed by atoms with Gasteiger partial charge >= 0.3 is 6.03 Å². The first kappa shape index (κ1) is 20.2. The second-order valence-corrected chi connectivity index (χ2v) is 7.55. The number of nitrogens with zero attached hydrogens (tertiary/aromatic N) is 1. The maximum Gasteiger partial charge on any atom is 0.325 e. The van der Waals surface area contributed by atoms with Crippen LogP contribution in [-0.4, -0.2) is 35.8 Å². The molecule has 1 fully saturated rings. The Labute approximate surface area is 172 Å². The van der Waals surface area contributed by atoms with Crippen LogP contribution >= 0.6 is 23.2 Å². The quantitative estimate of drug-likeness (QED) is 0.705. The molecule has 0 aromatic heterocycles. The molecule has 0 spiro atoms. The number of rotatable bonds is 6. The van der Waals surface area contributed by atoms with Crippen molar-refractivity contribution in [1.82, 2.24) is 15.5 Å². The molecule has 0 saturated carbocycles. The minimum absolute atomic E-state index is 0.339. The lowest BCUT2D eigenvalue weighted by Crippen LogP contribution is -2.43. The standard InChI is InChI=1S/C20H19Cl2N3O3/c1-20(14-4-8-16(22)9-5-14)18(27)25(19(28)24-20)12-17(26)23-11-10-13-2-6-15(21)7-3-13/h2-9H,10-12H2,1H3,(H,23,26)(H,24,28). The number of amides is 4. The molecule has 1 saturated heterocycles. The number of carbonyl (C=O) groups excluding carboxylic acids is 3. The second kappa shape index (κ2) is 8.20. The molecule has 0 aliphatic carbocycles. The number of hydrogen-bond acceptors (Lipinski definition) is 3. The Balaban J connectivity index is 1.58. The SMILES string of the molecule is CC1(c2ccc(Cl)cc2)NC(=O)N(CC(=O)NCCc2ccc(Cl)cc2)C1=O. The van der Waals surface area contributed by atoms with Crippen molar-refractivity contribution in [1.29, 1.82) is 0 Å². The number of urea groups is 1. The smallest absolute Gasteiger partial charge is 0.325 e. The summed E-state index contributed by atoms with van der Waals surface area (Å²) < 4.78 is 0. The van der Waals surface area contributed by atoms with E-state index < -0.39 is 23.4 Å². The molecule has 3 rings (SSSR count). The number of nitrogens with one attached hydrogen (secondary N) is 2. The molecule has 2 aromatic carbocycles. The Morgan fingerprint density at radius 2 is 1.61 bits per heavy atom. The second-order valence-electron chi connectivity index (χ2n) is 6.68. The largest absolute Gasteiger partial charge is 0.354 e. The van der Waals surface area contributed by atoms with Gasteiger partial charge in [-0.25, -0.2) is 4.79 Å². The first-order chi connectivity index (χ1) is 13.3. The van der Waals surface area contributed by atoms with Crippen molar-refractivity contribution in [3.8, 4) is 0 Å². The summed E-state index contributed by atoms with van der Waals surface area (Å²) in [6.07, 6.45) is 0.617. The van der Waals surface area contributed by atoms with E-state index in [0.29, 0.717) is 28.6 Å². The first-order valence-electron chi connectivity index (χ1n) is 8.71. The van der Waals surface area contributed by atoms with Crippen molar-refractivity contribution < 1.29 is 14.4 Å². The maximum absolute atomic E-state index is 12.8. The summed E-state index contributed by atoms with van der Waals surface area (Å²) in [4.78, 5) is 38.2. The average Bonchev–Trinajstić information content (AvgIpc) is 2.88. The molecular formula is C20H19Cl2N3O3. The minimum atomic E-state index is -1.23. The third-order valence-corrected chi connectivity index (χ3v) is 5.15. The summed E-state index contributed by atoms with van der Waals surface area (Å²) in [6.45, 7) is 1.65. The van der Waals surface area contributed by atoms with Gasteiger partial charge in [0, 0.05) is 16.6 Å². The number of halogens is 2. The van der Waals surface area contributed by atoms with Crippen LogP contribution < -0.4 is 10.6 Å². The van der Waals surface area contributed by atoms with Crippen LogP contribution in [-0.2, 0) is 21.5 Å². The van der Waals surface area contributed by atoms with Gasteiger partial charge in [-0.3, -0.25) is 14.5 Å². The normalized spacial score (nSPS) is 18.9. The predicted molar refractivity (Wildman–Crippen MR) is 107 cm³/mol. The van der Waals surface area contributed by atoms with Gasteiger partial charge < -0.3 is 10.6 Å². The van der Waals surface area contributed by atoms with E-state index in [-0.39, 0.29) is 6.54 Å². The topological polar surface area (TPSA) is 78.5 Å². The van der Waals surface area contributed by atoms with E-state index in [1.54, 1.807) is 43.3 Å². The van der Waals surface area contributed by atoms with Gasteiger partial charge in [0.15, 0.2) is 0 Å². The molecule has 4 amide bonds. The first-order valence-corrected chi connectivity index (χ1v) is 9.46. The van der Waals surface area contributed by atoms with Gasteiger partial charge in [0.2, 0.25) is 5.91 Å². The molecule has 1 atom stereocenters. The zero-order chi connectivity index (χ0) is 20.3. The number of imide groups is 1. The van der Waals surface area contributed by atoms with E-state index in [1.807, 2.05) is 12.1 Å². The van der Waals surface area contributed by atoms with Gasteiger partial charge in [0.05, 0.1) is 0 Å². The number of hydrogen-bond donors (Lipinski definition) is 2. The lowest BCUT2D eigenvalue weighted by Gasteiger charge is -2.22. The lowest BCUT2D eigenvalue weighted by molar-refractivity contribution is -0.134. The van der Waals surface area contributed by atoms with E-state index in [0.717, 1.165) is 10.5 Å². The highest BCUT2D eigenvalue weighted by Gasteiger charge is 2.49. The molecule has 2 N–H and O–H groups in total. The van der Waals surface area contributed by atoms with Crippen LogP contribution in [0.4, 0.5) is 4.79 Å². The highest BCUT2D eigenvalue weighted by atomic mass is 35.5. The van der Waals surface area contributed by atoms with Crippen molar-refractivity contribution in [3.05, 3.63) is 69.7 Å². The Morgan fingerprint density at radius 1 is 1.04 bits per heavy atom.